The summed E-state index contributed by atoms with van der Waals surface area (Å²) in [7, 11) is 1.70. The molecule has 0 atom stereocenters. The smallest absolute Gasteiger partial charge is 0.129 e. The van der Waals surface area contributed by atoms with Gasteiger partial charge in [-0.05, 0) is 24.6 Å². The Labute approximate surface area is 84.8 Å². The third-order valence-electron chi connectivity index (χ3n) is 1.92. The summed E-state index contributed by atoms with van der Waals surface area (Å²) >= 11 is 0. The van der Waals surface area contributed by atoms with E-state index in [2.05, 4.69) is 5.32 Å². The summed E-state index contributed by atoms with van der Waals surface area (Å²) in [5, 5.41) is 3.21. The lowest BCUT2D eigenvalue weighted by Crippen LogP contribution is -2.18. The Morgan fingerprint density at radius 1 is 1.57 bits per heavy atom. The molecule has 0 saturated heterocycles. The van der Waals surface area contributed by atoms with Gasteiger partial charge >= 0.3 is 0 Å². The Morgan fingerprint density at radius 2 is 2.43 bits per heavy atom. The number of furan rings is 1. The van der Waals surface area contributed by atoms with Crippen LogP contribution in [0.25, 0.3) is 6.08 Å². The van der Waals surface area contributed by atoms with Crippen molar-refractivity contribution in [2.45, 2.75) is 6.92 Å². The maximum absolute atomic E-state index is 5.25. The Hall–Kier alpha value is -1.06. The molecule has 1 N–H and O–H groups in total. The van der Waals surface area contributed by atoms with Crippen molar-refractivity contribution in [2.75, 3.05) is 26.8 Å². The fourth-order valence-corrected chi connectivity index (χ4v) is 1.08. The van der Waals surface area contributed by atoms with E-state index in [-0.39, 0.29) is 0 Å². The number of rotatable bonds is 6. The average molecular weight is 195 g/mol. The fourth-order valence-electron chi connectivity index (χ4n) is 1.08. The fraction of sp³-hybridized carbons (Fsp3) is 0.455. The largest absolute Gasteiger partial charge is 0.465 e. The Bertz CT molecular complexity index is 279. The topological polar surface area (TPSA) is 34.4 Å². The van der Waals surface area contributed by atoms with Crippen molar-refractivity contribution in [1.82, 2.24) is 5.32 Å². The van der Waals surface area contributed by atoms with E-state index in [1.165, 1.54) is 0 Å². The first-order chi connectivity index (χ1) is 6.84. The maximum atomic E-state index is 5.25. The van der Waals surface area contributed by atoms with Gasteiger partial charge in [0.25, 0.3) is 0 Å². The number of hydrogen-bond donors (Lipinski definition) is 1. The molecule has 3 heteroatoms. The zero-order chi connectivity index (χ0) is 10.2. The van der Waals surface area contributed by atoms with E-state index in [4.69, 9.17) is 9.15 Å². The zero-order valence-corrected chi connectivity index (χ0v) is 8.75. The van der Waals surface area contributed by atoms with Crippen LogP contribution in [0, 0.1) is 6.92 Å². The van der Waals surface area contributed by atoms with Gasteiger partial charge in [-0.2, -0.15) is 0 Å². The summed E-state index contributed by atoms with van der Waals surface area (Å²) in [4.78, 5) is 0. The molecule has 0 aliphatic rings. The molecule has 0 aliphatic heterocycles. The molecule has 78 valence electrons. The molecule has 0 saturated carbocycles. The van der Waals surface area contributed by atoms with Crippen LogP contribution >= 0.6 is 0 Å². The summed E-state index contributed by atoms with van der Waals surface area (Å²) in [6, 6.07) is 1.96. The summed E-state index contributed by atoms with van der Waals surface area (Å²) in [6.07, 6.45) is 5.73. The summed E-state index contributed by atoms with van der Waals surface area (Å²) in [6.45, 7) is 4.48. The first-order valence-corrected chi connectivity index (χ1v) is 4.75. The highest BCUT2D eigenvalue weighted by molar-refractivity contribution is 5.46. The molecule has 1 heterocycles. The van der Waals surface area contributed by atoms with E-state index in [9.17, 15) is 0 Å². The molecule has 0 aromatic carbocycles. The molecular weight excluding hydrogens is 178 g/mol. The van der Waals surface area contributed by atoms with Gasteiger partial charge in [-0.3, -0.25) is 0 Å². The van der Waals surface area contributed by atoms with E-state index in [0.717, 1.165) is 31.0 Å². The molecule has 0 aliphatic carbocycles. The molecule has 0 radical (unpaired) electrons. The van der Waals surface area contributed by atoms with Crippen molar-refractivity contribution in [2.24, 2.45) is 0 Å². The second kappa shape index (κ2) is 6.40. The van der Waals surface area contributed by atoms with Gasteiger partial charge in [0.1, 0.15) is 5.76 Å². The number of aryl methyl sites for hydroxylation is 1. The van der Waals surface area contributed by atoms with Crippen molar-refractivity contribution in [3.63, 3.8) is 0 Å². The van der Waals surface area contributed by atoms with Gasteiger partial charge in [0.15, 0.2) is 0 Å². The van der Waals surface area contributed by atoms with Crippen molar-refractivity contribution in [3.8, 4) is 0 Å². The lowest BCUT2D eigenvalue weighted by atomic mass is 10.2. The molecule has 3 nitrogen and oxygen atoms in total. The van der Waals surface area contributed by atoms with Gasteiger partial charge < -0.3 is 14.5 Å². The number of nitrogens with one attached hydrogen (secondary N) is 1. The zero-order valence-electron chi connectivity index (χ0n) is 8.75. The van der Waals surface area contributed by atoms with Crippen LogP contribution in [0.5, 0.6) is 0 Å². The minimum absolute atomic E-state index is 0.744. The highest BCUT2D eigenvalue weighted by atomic mass is 16.5. The lowest BCUT2D eigenvalue weighted by molar-refractivity contribution is 0.200. The number of methoxy groups -OCH3 is 1. The number of hydrogen-bond acceptors (Lipinski definition) is 3. The molecular formula is C11H17NO2. The van der Waals surface area contributed by atoms with Gasteiger partial charge in [-0.15, -0.1) is 0 Å². The quantitative estimate of drug-likeness (QED) is 0.703. The minimum Gasteiger partial charge on any atom is -0.465 e. The standard InChI is InChI=1S/C11H17NO2/c1-10-5-8-14-11(10)4-3-6-12-7-9-13-2/h3-5,8,12H,6-7,9H2,1-2H3/b4-3+. The molecule has 0 unspecified atom stereocenters. The van der Waals surface area contributed by atoms with Crippen LogP contribution in [-0.2, 0) is 4.74 Å². The number of ether oxygens (including phenoxy) is 1. The monoisotopic (exact) mass is 195 g/mol. The van der Waals surface area contributed by atoms with Crippen LogP contribution in [0.3, 0.4) is 0 Å². The molecule has 1 aromatic heterocycles. The highest BCUT2D eigenvalue weighted by Crippen LogP contribution is 2.09. The summed E-state index contributed by atoms with van der Waals surface area (Å²) in [5.41, 5.74) is 1.16. The molecule has 0 fully saturated rings. The molecule has 0 spiro atoms. The van der Waals surface area contributed by atoms with Crippen molar-refractivity contribution in [3.05, 3.63) is 29.7 Å². The molecule has 1 rings (SSSR count). The first kappa shape index (κ1) is 11.0. The normalized spacial score (nSPS) is 11.3. The predicted octanol–water partition coefficient (Wildman–Crippen LogP) is 1.84. The van der Waals surface area contributed by atoms with Crippen molar-refractivity contribution >= 4 is 6.08 Å². The third kappa shape index (κ3) is 3.77. The van der Waals surface area contributed by atoms with E-state index in [0.29, 0.717) is 0 Å². The van der Waals surface area contributed by atoms with E-state index in [1.807, 2.05) is 25.1 Å². The SMILES string of the molecule is COCCNC/C=C/c1occc1C. The second-order valence-electron chi connectivity index (χ2n) is 3.07. The van der Waals surface area contributed by atoms with Crippen molar-refractivity contribution in [1.29, 1.82) is 0 Å². The van der Waals surface area contributed by atoms with Gasteiger partial charge in [0, 0.05) is 20.2 Å². The van der Waals surface area contributed by atoms with Crippen LogP contribution in [0.1, 0.15) is 11.3 Å². The Morgan fingerprint density at radius 3 is 3.07 bits per heavy atom. The van der Waals surface area contributed by atoms with Gasteiger partial charge in [-0.1, -0.05) is 6.08 Å². The van der Waals surface area contributed by atoms with Gasteiger partial charge in [-0.25, -0.2) is 0 Å². The van der Waals surface area contributed by atoms with Crippen LogP contribution in [0.2, 0.25) is 0 Å². The lowest BCUT2D eigenvalue weighted by Gasteiger charge is -1.98. The highest BCUT2D eigenvalue weighted by Gasteiger charge is 1.94. The average Bonchev–Trinajstić information content (AvgIpc) is 2.58. The van der Waals surface area contributed by atoms with Crippen LogP contribution in [0.4, 0.5) is 0 Å². The van der Waals surface area contributed by atoms with E-state index < -0.39 is 0 Å². The predicted molar refractivity (Wildman–Crippen MR) is 57.2 cm³/mol. The van der Waals surface area contributed by atoms with Crippen LogP contribution in [-0.4, -0.2) is 26.8 Å². The summed E-state index contributed by atoms with van der Waals surface area (Å²) < 4.78 is 10.2. The molecule has 0 bridgehead atoms. The van der Waals surface area contributed by atoms with Crippen molar-refractivity contribution < 1.29 is 9.15 Å². The summed E-state index contributed by atoms with van der Waals surface area (Å²) in [5.74, 6) is 0.929. The Balaban J connectivity index is 2.18. The molecule has 14 heavy (non-hydrogen) atoms. The van der Waals surface area contributed by atoms with E-state index in [1.54, 1.807) is 13.4 Å². The molecule has 0 amide bonds. The molecule has 1 aromatic rings. The Kier molecular flexibility index (Phi) is 5.04. The van der Waals surface area contributed by atoms with Crippen LogP contribution < -0.4 is 5.32 Å². The van der Waals surface area contributed by atoms with Crippen LogP contribution in [0.15, 0.2) is 22.8 Å². The van der Waals surface area contributed by atoms with E-state index >= 15 is 0 Å². The first-order valence-electron chi connectivity index (χ1n) is 4.75. The second-order valence-corrected chi connectivity index (χ2v) is 3.07. The maximum Gasteiger partial charge on any atom is 0.129 e. The van der Waals surface area contributed by atoms with Gasteiger partial charge in [0.2, 0.25) is 0 Å². The third-order valence-corrected chi connectivity index (χ3v) is 1.92. The van der Waals surface area contributed by atoms with Gasteiger partial charge in [0.05, 0.1) is 12.9 Å². The minimum atomic E-state index is 0.744.